The Labute approximate surface area is 69.1 Å². The molecule has 1 aliphatic rings. The van der Waals surface area contributed by atoms with E-state index in [1.54, 1.807) is 6.08 Å². The van der Waals surface area contributed by atoms with Crippen LogP contribution in [0.25, 0.3) is 0 Å². The summed E-state index contributed by atoms with van der Waals surface area (Å²) < 4.78 is 0. The maximum atomic E-state index is 10.5. The van der Waals surface area contributed by atoms with Crippen molar-refractivity contribution >= 4 is 17.6 Å². The minimum Gasteiger partial charge on any atom is -0.480 e. The molecule has 0 aromatic heterocycles. The minimum atomic E-state index is -1.27. The van der Waals surface area contributed by atoms with E-state index in [0.29, 0.717) is 5.03 Å². The predicted octanol–water partition coefficient (Wildman–Crippen LogP) is 0.851. The van der Waals surface area contributed by atoms with Gasteiger partial charge in [-0.15, -0.1) is 0 Å². The Morgan fingerprint density at radius 1 is 1.82 bits per heavy atom. The van der Waals surface area contributed by atoms with Crippen LogP contribution in [0, 0.1) is 0 Å². The number of aliphatic carboxylic acids is 1. The van der Waals surface area contributed by atoms with E-state index in [1.807, 2.05) is 0 Å². The van der Waals surface area contributed by atoms with Crippen molar-refractivity contribution in [2.45, 2.75) is 12.0 Å². The van der Waals surface area contributed by atoms with Crippen molar-refractivity contribution in [3.63, 3.8) is 0 Å². The van der Waals surface area contributed by atoms with Gasteiger partial charge in [0.05, 0.1) is 0 Å². The van der Waals surface area contributed by atoms with Gasteiger partial charge in [-0.05, 0) is 12.5 Å². The van der Waals surface area contributed by atoms with Crippen LogP contribution in [-0.4, -0.2) is 16.6 Å². The molecule has 3 N–H and O–H groups in total. The van der Waals surface area contributed by atoms with Crippen LogP contribution >= 0.6 is 11.6 Å². The van der Waals surface area contributed by atoms with Crippen molar-refractivity contribution in [2.24, 2.45) is 5.73 Å². The molecule has 0 spiro atoms. The third-order valence-corrected chi connectivity index (χ3v) is 1.85. The second kappa shape index (κ2) is 2.68. The zero-order valence-electron chi connectivity index (χ0n) is 5.75. The molecule has 0 amide bonds. The first-order valence-electron chi connectivity index (χ1n) is 3.12. The van der Waals surface area contributed by atoms with Gasteiger partial charge in [0.25, 0.3) is 0 Å². The number of nitrogens with two attached hydrogens (primary N) is 1. The molecule has 1 atom stereocenters. The van der Waals surface area contributed by atoms with Crippen LogP contribution in [0.5, 0.6) is 0 Å². The standard InChI is InChI=1S/C7H8ClNO2/c8-5-1-3-7(9,4-2-5)6(10)11/h1-3H,4,9H2,(H,10,11). The third kappa shape index (κ3) is 1.61. The number of allylic oxidation sites excluding steroid dienone is 2. The Bertz CT molecular complexity index is 247. The fourth-order valence-electron chi connectivity index (χ4n) is 0.789. The third-order valence-electron chi connectivity index (χ3n) is 1.57. The van der Waals surface area contributed by atoms with Gasteiger partial charge in [0.1, 0.15) is 5.54 Å². The van der Waals surface area contributed by atoms with E-state index >= 15 is 0 Å². The topological polar surface area (TPSA) is 63.3 Å². The van der Waals surface area contributed by atoms with Gasteiger partial charge in [0.2, 0.25) is 0 Å². The first-order chi connectivity index (χ1) is 5.04. The van der Waals surface area contributed by atoms with Crippen molar-refractivity contribution in [1.82, 2.24) is 0 Å². The van der Waals surface area contributed by atoms with Gasteiger partial charge in [-0.3, -0.25) is 0 Å². The van der Waals surface area contributed by atoms with E-state index in [9.17, 15) is 4.79 Å². The summed E-state index contributed by atoms with van der Waals surface area (Å²) in [6.07, 6.45) is 4.74. The van der Waals surface area contributed by atoms with E-state index in [4.69, 9.17) is 22.4 Å². The highest BCUT2D eigenvalue weighted by molar-refractivity contribution is 6.31. The number of carbonyl (C=O) groups is 1. The smallest absolute Gasteiger partial charge is 0.328 e. The quantitative estimate of drug-likeness (QED) is 0.618. The highest BCUT2D eigenvalue weighted by Gasteiger charge is 2.31. The van der Waals surface area contributed by atoms with E-state index < -0.39 is 11.5 Å². The molecule has 0 bridgehead atoms. The lowest BCUT2D eigenvalue weighted by Gasteiger charge is -2.21. The molecule has 1 aliphatic carbocycles. The van der Waals surface area contributed by atoms with Crippen molar-refractivity contribution < 1.29 is 9.90 Å². The maximum absolute atomic E-state index is 10.5. The maximum Gasteiger partial charge on any atom is 0.328 e. The Morgan fingerprint density at radius 3 is 2.82 bits per heavy atom. The van der Waals surface area contributed by atoms with Gasteiger partial charge in [-0.1, -0.05) is 23.8 Å². The van der Waals surface area contributed by atoms with Gasteiger partial charge >= 0.3 is 5.97 Å². The molecule has 0 heterocycles. The van der Waals surface area contributed by atoms with Crippen molar-refractivity contribution in [2.75, 3.05) is 0 Å². The fraction of sp³-hybridized carbons (Fsp3) is 0.286. The molecule has 3 nitrogen and oxygen atoms in total. The molecule has 1 unspecified atom stereocenters. The lowest BCUT2D eigenvalue weighted by Crippen LogP contribution is -2.46. The molecule has 0 aliphatic heterocycles. The first-order valence-corrected chi connectivity index (χ1v) is 3.49. The van der Waals surface area contributed by atoms with Crippen molar-refractivity contribution in [3.05, 3.63) is 23.3 Å². The Kier molecular flexibility index (Phi) is 2.02. The minimum absolute atomic E-state index is 0.248. The van der Waals surface area contributed by atoms with Gasteiger partial charge < -0.3 is 10.8 Å². The number of rotatable bonds is 1. The normalized spacial score (nSPS) is 29.8. The number of halogens is 1. The van der Waals surface area contributed by atoms with Crippen molar-refractivity contribution in [1.29, 1.82) is 0 Å². The van der Waals surface area contributed by atoms with Gasteiger partial charge in [-0.25, -0.2) is 4.79 Å². The molecule has 0 aromatic rings. The van der Waals surface area contributed by atoms with Gasteiger partial charge in [0.15, 0.2) is 0 Å². The molecule has 60 valence electrons. The summed E-state index contributed by atoms with van der Waals surface area (Å²) in [5.74, 6) is -1.03. The predicted molar refractivity (Wildman–Crippen MR) is 42.2 cm³/mol. The molecular weight excluding hydrogens is 166 g/mol. The summed E-state index contributed by atoms with van der Waals surface area (Å²) in [5, 5.41) is 9.17. The van der Waals surface area contributed by atoms with Crippen LogP contribution in [-0.2, 0) is 4.79 Å². The fourth-order valence-corrected chi connectivity index (χ4v) is 0.930. The van der Waals surface area contributed by atoms with E-state index in [2.05, 4.69) is 0 Å². The second-order valence-corrected chi connectivity index (χ2v) is 2.91. The molecule has 11 heavy (non-hydrogen) atoms. The number of hydrogen-bond donors (Lipinski definition) is 2. The average Bonchev–Trinajstić information content (AvgIpc) is 1.95. The number of carboxylic acid groups (broad SMARTS) is 1. The van der Waals surface area contributed by atoms with Crippen LogP contribution in [0.4, 0.5) is 0 Å². The number of hydrogen-bond acceptors (Lipinski definition) is 2. The van der Waals surface area contributed by atoms with Crippen LogP contribution in [0.15, 0.2) is 23.3 Å². The largest absolute Gasteiger partial charge is 0.480 e. The average molecular weight is 174 g/mol. The lowest BCUT2D eigenvalue weighted by atomic mass is 9.93. The first kappa shape index (κ1) is 8.30. The Hall–Kier alpha value is -0.800. The summed E-state index contributed by atoms with van der Waals surface area (Å²) in [7, 11) is 0. The Morgan fingerprint density at radius 2 is 2.45 bits per heavy atom. The highest BCUT2D eigenvalue weighted by atomic mass is 35.5. The second-order valence-electron chi connectivity index (χ2n) is 2.47. The lowest BCUT2D eigenvalue weighted by molar-refractivity contribution is -0.141. The molecule has 0 radical (unpaired) electrons. The summed E-state index contributed by atoms with van der Waals surface area (Å²) in [6, 6.07) is 0. The van der Waals surface area contributed by atoms with E-state index in [0.717, 1.165) is 0 Å². The van der Waals surface area contributed by atoms with Gasteiger partial charge in [0, 0.05) is 5.03 Å². The molecule has 0 fully saturated rings. The molecule has 4 heteroatoms. The van der Waals surface area contributed by atoms with Crippen LogP contribution in [0.3, 0.4) is 0 Å². The molecule has 0 aromatic carbocycles. The Balaban J connectivity index is 2.82. The summed E-state index contributed by atoms with van der Waals surface area (Å²) in [5.41, 5.74) is 4.21. The summed E-state index contributed by atoms with van der Waals surface area (Å²) >= 11 is 5.57. The molecular formula is C7H8ClNO2. The zero-order chi connectivity index (χ0) is 8.48. The monoisotopic (exact) mass is 173 g/mol. The summed E-state index contributed by atoms with van der Waals surface area (Å²) in [6.45, 7) is 0. The van der Waals surface area contributed by atoms with E-state index in [-0.39, 0.29) is 6.42 Å². The van der Waals surface area contributed by atoms with Crippen molar-refractivity contribution in [3.8, 4) is 0 Å². The molecule has 0 saturated heterocycles. The van der Waals surface area contributed by atoms with Crippen LogP contribution < -0.4 is 5.73 Å². The van der Waals surface area contributed by atoms with E-state index in [1.165, 1.54) is 12.2 Å². The number of carboxylic acids is 1. The van der Waals surface area contributed by atoms with Crippen LogP contribution in [0.2, 0.25) is 0 Å². The molecule has 1 rings (SSSR count). The molecule has 0 saturated carbocycles. The van der Waals surface area contributed by atoms with Gasteiger partial charge in [-0.2, -0.15) is 0 Å². The van der Waals surface area contributed by atoms with Crippen LogP contribution in [0.1, 0.15) is 6.42 Å². The zero-order valence-corrected chi connectivity index (χ0v) is 6.51. The highest BCUT2D eigenvalue weighted by Crippen LogP contribution is 2.20. The SMILES string of the molecule is NC1(C(=O)O)C=CC(Cl)=CC1. The summed E-state index contributed by atoms with van der Waals surface area (Å²) in [4.78, 5) is 10.5.